The minimum atomic E-state index is -0.244. The van der Waals surface area contributed by atoms with Crippen LogP contribution in [0.1, 0.15) is 5.56 Å². The summed E-state index contributed by atoms with van der Waals surface area (Å²) in [7, 11) is 0. The fraction of sp³-hybridized carbons (Fsp3) is 0. The van der Waals surface area contributed by atoms with Crippen molar-refractivity contribution in [3.63, 3.8) is 0 Å². The predicted molar refractivity (Wildman–Crippen MR) is 106 cm³/mol. The molecule has 0 aliphatic rings. The second-order valence-electron chi connectivity index (χ2n) is 5.77. The Morgan fingerprint density at radius 2 is 1.93 bits per heavy atom. The molecule has 0 radical (unpaired) electrons. The Bertz CT molecular complexity index is 1100. The lowest BCUT2D eigenvalue weighted by Gasteiger charge is -2.05. The van der Waals surface area contributed by atoms with Crippen molar-refractivity contribution in [2.24, 2.45) is 0 Å². The highest BCUT2D eigenvalue weighted by molar-refractivity contribution is 6.33. The van der Waals surface area contributed by atoms with Gasteiger partial charge in [0, 0.05) is 18.0 Å². The first-order valence-electron chi connectivity index (χ1n) is 8.25. The number of aromatic nitrogens is 2. The maximum Gasteiger partial charge on any atom is 0.248 e. The molecule has 0 aliphatic carbocycles. The van der Waals surface area contributed by atoms with Crippen LogP contribution in [0.2, 0.25) is 5.02 Å². The number of carbonyl (C=O) groups is 1. The highest BCUT2D eigenvalue weighted by Crippen LogP contribution is 2.31. The van der Waals surface area contributed by atoms with Gasteiger partial charge < -0.3 is 9.73 Å². The molecule has 1 amide bonds. The van der Waals surface area contributed by atoms with Gasteiger partial charge in [-0.15, -0.1) is 0 Å². The molecule has 132 valence electrons. The van der Waals surface area contributed by atoms with E-state index in [1.807, 2.05) is 30.3 Å². The van der Waals surface area contributed by atoms with E-state index in [-0.39, 0.29) is 5.91 Å². The summed E-state index contributed by atoms with van der Waals surface area (Å²) >= 11 is 6.29. The summed E-state index contributed by atoms with van der Waals surface area (Å²) in [5.41, 5.74) is 3.20. The molecule has 2 aromatic heterocycles. The minimum Gasteiger partial charge on any atom is -0.434 e. The van der Waals surface area contributed by atoms with Gasteiger partial charge in [-0.05, 0) is 42.0 Å². The van der Waals surface area contributed by atoms with Crippen molar-refractivity contribution < 1.29 is 9.21 Å². The number of anilines is 1. The number of halogens is 1. The van der Waals surface area contributed by atoms with E-state index in [9.17, 15) is 4.79 Å². The van der Waals surface area contributed by atoms with Gasteiger partial charge in [-0.25, -0.2) is 4.98 Å². The van der Waals surface area contributed by atoms with Crippen molar-refractivity contribution in [2.45, 2.75) is 0 Å². The van der Waals surface area contributed by atoms with E-state index in [0.717, 1.165) is 5.56 Å². The van der Waals surface area contributed by atoms with Crippen molar-refractivity contribution in [2.75, 3.05) is 5.32 Å². The van der Waals surface area contributed by atoms with Crippen LogP contribution < -0.4 is 5.32 Å². The van der Waals surface area contributed by atoms with Crippen molar-refractivity contribution in [1.82, 2.24) is 9.97 Å². The zero-order chi connectivity index (χ0) is 18.6. The number of hydrogen-bond donors (Lipinski definition) is 1. The second-order valence-corrected chi connectivity index (χ2v) is 6.18. The molecule has 2 aromatic carbocycles. The number of nitrogens with one attached hydrogen (secondary N) is 1. The van der Waals surface area contributed by atoms with Gasteiger partial charge >= 0.3 is 0 Å². The first kappa shape index (κ1) is 17.0. The van der Waals surface area contributed by atoms with E-state index in [1.165, 1.54) is 6.08 Å². The van der Waals surface area contributed by atoms with Gasteiger partial charge in [0.25, 0.3) is 0 Å². The minimum absolute atomic E-state index is 0.244. The number of benzene rings is 2. The first-order chi connectivity index (χ1) is 13.2. The van der Waals surface area contributed by atoms with Crippen LogP contribution in [0.3, 0.4) is 0 Å². The predicted octanol–water partition coefficient (Wildman–Crippen LogP) is 5.20. The molecule has 0 saturated heterocycles. The van der Waals surface area contributed by atoms with E-state index in [1.54, 1.807) is 42.6 Å². The maximum atomic E-state index is 12.2. The van der Waals surface area contributed by atoms with Gasteiger partial charge in [0.15, 0.2) is 11.2 Å². The molecule has 2 heterocycles. The molecule has 5 nitrogen and oxygen atoms in total. The molecule has 1 N–H and O–H groups in total. The summed E-state index contributed by atoms with van der Waals surface area (Å²) in [6.07, 6.45) is 4.87. The van der Waals surface area contributed by atoms with Gasteiger partial charge in [0.05, 0.1) is 10.6 Å². The normalized spacial score (nSPS) is 11.1. The highest BCUT2D eigenvalue weighted by atomic mass is 35.5. The topological polar surface area (TPSA) is 68.0 Å². The van der Waals surface area contributed by atoms with E-state index in [4.69, 9.17) is 16.0 Å². The first-order valence-corrected chi connectivity index (χ1v) is 8.62. The zero-order valence-electron chi connectivity index (χ0n) is 14.1. The van der Waals surface area contributed by atoms with E-state index < -0.39 is 0 Å². The summed E-state index contributed by atoms with van der Waals surface area (Å²) in [6, 6.07) is 18.3. The van der Waals surface area contributed by atoms with Gasteiger partial charge in [-0.3, -0.25) is 4.79 Å². The number of pyridine rings is 1. The van der Waals surface area contributed by atoms with Gasteiger partial charge in [-0.1, -0.05) is 41.9 Å². The number of hydrogen-bond acceptors (Lipinski definition) is 4. The molecule has 0 aliphatic heterocycles. The third kappa shape index (κ3) is 3.88. The SMILES string of the molecule is O=C(/C=C/c1ccccc1)Nc1ccc(Cl)c(-c2nc3ncccc3o2)c1. The molecule has 6 heteroatoms. The fourth-order valence-electron chi connectivity index (χ4n) is 2.57. The largest absolute Gasteiger partial charge is 0.434 e. The lowest BCUT2D eigenvalue weighted by molar-refractivity contribution is -0.111. The quantitative estimate of drug-likeness (QED) is 0.498. The molecule has 0 unspecified atom stereocenters. The van der Waals surface area contributed by atoms with Crippen LogP contribution in [-0.4, -0.2) is 15.9 Å². The summed E-state index contributed by atoms with van der Waals surface area (Å²) in [6.45, 7) is 0. The monoisotopic (exact) mass is 375 g/mol. The third-order valence-corrected chi connectivity index (χ3v) is 4.19. The van der Waals surface area contributed by atoms with Gasteiger partial charge in [0.1, 0.15) is 0 Å². The van der Waals surface area contributed by atoms with Crippen LogP contribution in [-0.2, 0) is 4.79 Å². The fourth-order valence-corrected chi connectivity index (χ4v) is 2.77. The molecule has 0 spiro atoms. The van der Waals surface area contributed by atoms with Crippen LogP contribution in [0.25, 0.3) is 28.8 Å². The molecule has 4 aromatic rings. The molecule has 0 bridgehead atoms. The Hall–Kier alpha value is -3.44. The summed E-state index contributed by atoms with van der Waals surface area (Å²) in [5, 5.41) is 3.29. The van der Waals surface area contributed by atoms with Crippen molar-refractivity contribution in [1.29, 1.82) is 0 Å². The Balaban J connectivity index is 1.57. The molecular formula is C21H14ClN3O2. The van der Waals surface area contributed by atoms with Crippen LogP contribution >= 0.6 is 11.6 Å². The Labute approximate surface area is 160 Å². The number of oxazole rings is 1. The molecule has 27 heavy (non-hydrogen) atoms. The molecular weight excluding hydrogens is 362 g/mol. The smallest absolute Gasteiger partial charge is 0.248 e. The number of carbonyl (C=O) groups excluding carboxylic acids is 1. The van der Waals surface area contributed by atoms with Crippen LogP contribution in [0.15, 0.2) is 77.4 Å². The maximum absolute atomic E-state index is 12.2. The van der Waals surface area contributed by atoms with Crippen molar-refractivity contribution >= 4 is 40.5 Å². The van der Waals surface area contributed by atoms with E-state index in [2.05, 4.69) is 15.3 Å². The Kier molecular flexibility index (Phi) is 4.68. The van der Waals surface area contributed by atoms with Gasteiger partial charge in [0.2, 0.25) is 11.8 Å². The molecule has 0 atom stereocenters. The van der Waals surface area contributed by atoms with Crippen molar-refractivity contribution in [3.8, 4) is 11.5 Å². The Morgan fingerprint density at radius 1 is 1.07 bits per heavy atom. The molecule has 0 saturated carbocycles. The third-order valence-electron chi connectivity index (χ3n) is 3.86. The summed E-state index contributed by atoms with van der Waals surface area (Å²) < 4.78 is 5.72. The van der Waals surface area contributed by atoms with E-state index >= 15 is 0 Å². The number of amides is 1. The van der Waals surface area contributed by atoms with E-state index in [0.29, 0.717) is 33.4 Å². The number of nitrogens with zero attached hydrogens (tertiary/aromatic N) is 2. The van der Waals surface area contributed by atoms with Crippen LogP contribution in [0, 0.1) is 0 Å². The lowest BCUT2D eigenvalue weighted by atomic mass is 10.2. The average Bonchev–Trinajstić information content (AvgIpc) is 3.13. The van der Waals surface area contributed by atoms with Crippen LogP contribution in [0.5, 0.6) is 0 Å². The Morgan fingerprint density at radius 3 is 2.74 bits per heavy atom. The standard InChI is InChI=1S/C21H14ClN3O2/c22-17-10-9-15(24-19(26)11-8-14-5-2-1-3-6-14)13-16(17)21-25-20-18(27-21)7-4-12-23-20/h1-13H,(H,24,26)/b11-8+. The average molecular weight is 376 g/mol. The van der Waals surface area contributed by atoms with Crippen LogP contribution in [0.4, 0.5) is 5.69 Å². The highest BCUT2D eigenvalue weighted by Gasteiger charge is 2.13. The second kappa shape index (κ2) is 7.43. The zero-order valence-corrected chi connectivity index (χ0v) is 14.9. The number of fused-ring (bicyclic) bond motifs is 1. The summed E-state index contributed by atoms with van der Waals surface area (Å²) in [4.78, 5) is 20.7. The van der Waals surface area contributed by atoms with Crippen molar-refractivity contribution in [3.05, 3.63) is 83.5 Å². The summed E-state index contributed by atoms with van der Waals surface area (Å²) in [5.74, 6) is 0.107. The van der Waals surface area contributed by atoms with Gasteiger partial charge in [-0.2, -0.15) is 4.98 Å². The number of rotatable bonds is 4. The molecule has 0 fully saturated rings. The lowest BCUT2D eigenvalue weighted by Crippen LogP contribution is -2.07. The molecule has 4 rings (SSSR count).